The van der Waals surface area contributed by atoms with Crippen molar-refractivity contribution in [3.63, 3.8) is 0 Å². The number of benzene rings is 9. The predicted octanol–water partition coefficient (Wildman–Crippen LogP) is 15.8. The van der Waals surface area contributed by atoms with E-state index < -0.39 is 0 Å². The first-order chi connectivity index (χ1) is 28.5. The van der Waals surface area contributed by atoms with Gasteiger partial charge in [-0.15, -0.1) is 0 Å². The molecule has 58 heavy (non-hydrogen) atoms. The van der Waals surface area contributed by atoms with E-state index in [0.29, 0.717) is 0 Å². The number of hydrogen-bond donors (Lipinski definition) is 0. The lowest BCUT2D eigenvalue weighted by atomic mass is 9.82. The first-order valence-electron chi connectivity index (χ1n) is 20.2. The van der Waals surface area contributed by atoms with Crippen LogP contribution < -0.4 is 4.90 Å². The molecule has 0 saturated heterocycles. The Labute approximate surface area is 342 Å². The highest BCUT2D eigenvalue weighted by atomic mass is 15.1. The van der Waals surface area contributed by atoms with E-state index in [1.165, 1.54) is 77.9 Å². The van der Waals surface area contributed by atoms with Crippen molar-refractivity contribution in [1.82, 2.24) is 0 Å². The van der Waals surface area contributed by atoms with Gasteiger partial charge in [0.05, 0.1) is 5.69 Å². The van der Waals surface area contributed by atoms with Gasteiger partial charge in [0.1, 0.15) is 0 Å². The molecule has 9 aromatic carbocycles. The Balaban J connectivity index is 1.12. The average molecular weight is 742 g/mol. The van der Waals surface area contributed by atoms with Gasteiger partial charge < -0.3 is 4.90 Å². The summed E-state index contributed by atoms with van der Waals surface area (Å²) in [5.74, 6) is 0. The molecule has 0 N–H and O–H groups in total. The van der Waals surface area contributed by atoms with Gasteiger partial charge in [0, 0.05) is 22.4 Å². The van der Waals surface area contributed by atoms with Gasteiger partial charge in [0.2, 0.25) is 0 Å². The molecule has 0 fully saturated rings. The molecule has 10 rings (SSSR count). The third-order valence-electron chi connectivity index (χ3n) is 11.9. The van der Waals surface area contributed by atoms with Crippen LogP contribution in [0.25, 0.3) is 66.8 Å². The maximum absolute atomic E-state index is 2.44. The standard InChI is InChI=1S/C57H43N/c1-57(2)53-29-14-12-27-51(53)56-50(28-17-30-54(56)57)49-26-13-15-31-55(49)58(47-25-16-24-44(38-47)40-18-6-3-7-19-40)46-35-32-41(33-36-46)45-34-37-48(42-20-8-4-9-21-42)52(39-45)43-22-10-5-11-23-43/h3-39H,1-2H3. The van der Waals surface area contributed by atoms with E-state index in [9.17, 15) is 0 Å². The Bertz CT molecular complexity index is 2890. The van der Waals surface area contributed by atoms with Crippen LogP contribution in [0, 0.1) is 0 Å². The van der Waals surface area contributed by atoms with Crippen LogP contribution in [0.1, 0.15) is 25.0 Å². The number of para-hydroxylation sites is 1. The summed E-state index contributed by atoms with van der Waals surface area (Å²) in [7, 11) is 0. The number of anilines is 3. The molecule has 1 aliphatic rings. The highest BCUT2D eigenvalue weighted by Crippen LogP contribution is 2.54. The minimum absolute atomic E-state index is 0.0872. The highest BCUT2D eigenvalue weighted by molar-refractivity contribution is 5.98. The Hall–Kier alpha value is -7.22. The molecule has 0 saturated carbocycles. The second-order valence-corrected chi connectivity index (χ2v) is 15.7. The molecule has 276 valence electrons. The second-order valence-electron chi connectivity index (χ2n) is 15.7. The van der Waals surface area contributed by atoms with E-state index in [2.05, 4.69) is 243 Å². The molecule has 1 heteroatoms. The van der Waals surface area contributed by atoms with Gasteiger partial charge >= 0.3 is 0 Å². The summed E-state index contributed by atoms with van der Waals surface area (Å²) in [4.78, 5) is 2.44. The largest absolute Gasteiger partial charge is 0.310 e. The van der Waals surface area contributed by atoms with Gasteiger partial charge in [-0.2, -0.15) is 0 Å². The highest BCUT2D eigenvalue weighted by Gasteiger charge is 2.37. The Morgan fingerprint density at radius 2 is 0.793 bits per heavy atom. The van der Waals surface area contributed by atoms with Crippen LogP contribution in [-0.2, 0) is 5.41 Å². The van der Waals surface area contributed by atoms with Crippen molar-refractivity contribution in [2.45, 2.75) is 19.3 Å². The molecule has 0 radical (unpaired) electrons. The van der Waals surface area contributed by atoms with Crippen molar-refractivity contribution in [2.24, 2.45) is 0 Å². The zero-order chi connectivity index (χ0) is 39.1. The normalized spacial score (nSPS) is 12.4. The van der Waals surface area contributed by atoms with Crippen LogP contribution in [0.5, 0.6) is 0 Å². The van der Waals surface area contributed by atoms with E-state index in [-0.39, 0.29) is 5.41 Å². The van der Waals surface area contributed by atoms with E-state index in [4.69, 9.17) is 0 Å². The molecule has 0 aromatic heterocycles. The Morgan fingerprint density at radius 1 is 0.293 bits per heavy atom. The van der Waals surface area contributed by atoms with Gasteiger partial charge in [-0.3, -0.25) is 0 Å². The van der Waals surface area contributed by atoms with Crippen LogP contribution in [-0.4, -0.2) is 0 Å². The van der Waals surface area contributed by atoms with Gasteiger partial charge in [-0.05, 0) is 109 Å². The minimum Gasteiger partial charge on any atom is -0.310 e. The fraction of sp³-hybridized carbons (Fsp3) is 0.0526. The van der Waals surface area contributed by atoms with E-state index in [1.54, 1.807) is 0 Å². The van der Waals surface area contributed by atoms with E-state index >= 15 is 0 Å². The lowest BCUT2D eigenvalue weighted by Gasteiger charge is -2.29. The van der Waals surface area contributed by atoms with Crippen LogP contribution in [0.4, 0.5) is 17.1 Å². The van der Waals surface area contributed by atoms with Gasteiger partial charge in [-0.25, -0.2) is 0 Å². The molecule has 0 amide bonds. The van der Waals surface area contributed by atoms with Crippen molar-refractivity contribution in [1.29, 1.82) is 0 Å². The molecule has 1 aliphatic carbocycles. The van der Waals surface area contributed by atoms with E-state index in [0.717, 1.165) is 17.1 Å². The summed E-state index contributed by atoms with van der Waals surface area (Å²) < 4.78 is 0. The van der Waals surface area contributed by atoms with Crippen LogP contribution >= 0.6 is 0 Å². The smallest absolute Gasteiger partial charge is 0.0540 e. The number of fused-ring (bicyclic) bond motifs is 3. The van der Waals surface area contributed by atoms with E-state index in [1.807, 2.05) is 0 Å². The molecule has 9 aromatic rings. The number of rotatable bonds is 8. The maximum atomic E-state index is 2.44. The monoisotopic (exact) mass is 741 g/mol. The van der Waals surface area contributed by atoms with Crippen molar-refractivity contribution in [3.05, 3.63) is 236 Å². The van der Waals surface area contributed by atoms with Gasteiger partial charge in [0.25, 0.3) is 0 Å². The fourth-order valence-corrected chi connectivity index (χ4v) is 9.01. The van der Waals surface area contributed by atoms with Crippen molar-refractivity contribution >= 4 is 17.1 Å². The zero-order valence-corrected chi connectivity index (χ0v) is 32.8. The topological polar surface area (TPSA) is 3.24 Å². The molecule has 0 bridgehead atoms. The van der Waals surface area contributed by atoms with Crippen LogP contribution in [0.3, 0.4) is 0 Å². The Kier molecular flexibility index (Phi) is 8.92. The molecular formula is C57H43N. The summed E-state index contributed by atoms with van der Waals surface area (Å²) in [5, 5.41) is 0. The van der Waals surface area contributed by atoms with Crippen LogP contribution in [0.2, 0.25) is 0 Å². The number of nitrogens with zero attached hydrogens (tertiary/aromatic N) is 1. The predicted molar refractivity (Wildman–Crippen MR) is 246 cm³/mol. The average Bonchev–Trinajstić information content (AvgIpc) is 3.53. The van der Waals surface area contributed by atoms with Gasteiger partial charge in [-0.1, -0.05) is 202 Å². The first-order valence-corrected chi connectivity index (χ1v) is 20.2. The minimum atomic E-state index is -0.0872. The van der Waals surface area contributed by atoms with Crippen molar-refractivity contribution < 1.29 is 0 Å². The zero-order valence-electron chi connectivity index (χ0n) is 32.8. The quantitative estimate of drug-likeness (QED) is 0.150. The Morgan fingerprint density at radius 3 is 1.52 bits per heavy atom. The summed E-state index contributed by atoms with van der Waals surface area (Å²) in [6.45, 7) is 4.71. The SMILES string of the molecule is CC1(C)c2ccccc2-c2c(-c3ccccc3N(c3ccc(-c4ccc(-c5ccccc5)c(-c5ccccc5)c4)cc3)c3cccc(-c4ccccc4)c3)cccc21. The third kappa shape index (κ3) is 6.22. The van der Waals surface area contributed by atoms with Crippen molar-refractivity contribution in [3.8, 4) is 66.8 Å². The lowest BCUT2D eigenvalue weighted by molar-refractivity contribution is 0.660. The molecular weight excluding hydrogens is 699 g/mol. The molecule has 0 aliphatic heterocycles. The molecule has 0 atom stereocenters. The molecule has 0 heterocycles. The fourth-order valence-electron chi connectivity index (χ4n) is 9.01. The first kappa shape index (κ1) is 35.2. The van der Waals surface area contributed by atoms with Gasteiger partial charge in [0.15, 0.2) is 0 Å². The number of hydrogen-bond acceptors (Lipinski definition) is 1. The van der Waals surface area contributed by atoms with Crippen molar-refractivity contribution in [2.75, 3.05) is 4.90 Å². The summed E-state index contributed by atoms with van der Waals surface area (Å²) >= 11 is 0. The van der Waals surface area contributed by atoms with Crippen LogP contribution in [0.15, 0.2) is 224 Å². The summed E-state index contributed by atoms with van der Waals surface area (Å²) in [6.07, 6.45) is 0. The molecule has 1 nitrogen and oxygen atoms in total. The summed E-state index contributed by atoms with van der Waals surface area (Å²) in [6, 6.07) is 81.7. The summed E-state index contributed by atoms with van der Waals surface area (Å²) in [5.41, 5.74) is 20.7. The lowest BCUT2D eigenvalue weighted by Crippen LogP contribution is -2.14. The molecule has 0 unspecified atom stereocenters. The third-order valence-corrected chi connectivity index (χ3v) is 11.9. The molecule has 0 spiro atoms. The maximum Gasteiger partial charge on any atom is 0.0540 e. The second kappa shape index (κ2) is 14.7.